The van der Waals surface area contributed by atoms with Crippen LogP contribution in [0.15, 0.2) is 9.98 Å². The summed E-state index contributed by atoms with van der Waals surface area (Å²) < 4.78 is 11.6. The van der Waals surface area contributed by atoms with Crippen LogP contribution in [0.25, 0.3) is 0 Å². The standard InChI is InChI=1S/C22H29N5O4/c1-10-16-17(25-13-7-5-4-6-12(13)24-16)15-11(9-31-21(23)29)22(30-3)20-14(26(20)2)8-27(22)18(15)19(10)28/h11-14,20,28H,4-9H2,1-3H3,(H2,23,29)/t11-,12+,13+,14+,20+,22-,26?/m1/s1. The number of fused-ring (bicyclic) bond motifs is 8. The molecule has 6 rings (SSSR count). The lowest BCUT2D eigenvalue weighted by Gasteiger charge is -2.39. The van der Waals surface area contributed by atoms with E-state index in [2.05, 4.69) is 16.8 Å². The summed E-state index contributed by atoms with van der Waals surface area (Å²) in [6.45, 7) is 2.73. The van der Waals surface area contributed by atoms with Gasteiger partial charge in [0.1, 0.15) is 12.4 Å². The van der Waals surface area contributed by atoms with E-state index in [1.54, 1.807) is 7.11 Å². The molecule has 3 N–H and O–H groups in total. The smallest absolute Gasteiger partial charge is 0.404 e. The molecule has 166 valence electrons. The van der Waals surface area contributed by atoms with Crippen molar-refractivity contribution >= 4 is 11.8 Å². The maximum atomic E-state index is 11.6. The van der Waals surface area contributed by atoms with E-state index >= 15 is 0 Å². The zero-order valence-corrected chi connectivity index (χ0v) is 18.2. The number of amides is 1. The minimum Gasteiger partial charge on any atom is -0.505 e. The van der Waals surface area contributed by atoms with E-state index in [0.29, 0.717) is 6.04 Å². The average Bonchev–Trinajstić information content (AvgIpc) is 3.14. The van der Waals surface area contributed by atoms with Crippen molar-refractivity contribution in [3.63, 3.8) is 0 Å². The molecular weight excluding hydrogens is 398 g/mol. The van der Waals surface area contributed by atoms with Gasteiger partial charge >= 0.3 is 6.09 Å². The Hall–Kier alpha value is -2.39. The van der Waals surface area contributed by atoms with E-state index < -0.39 is 11.8 Å². The maximum Gasteiger partial charge on any atom is 0.404 e. The molecular formula is C22H29N5O4. The lowest BCUT2D eigenvalue weighted by molar-refractivity contribution is -0.0428. The summed E-state index contributed by atoms with van der Waals surface area (Å²) in [5, 5.41) is 13.0. The molecule has 0 aromatic heterocycles. The number of ether oxygens (including phenoxy) is 2. The highest BCUT2D eigenvalue weighted by atomic mass is 16.6. The molecule has 2 saturated heterocycles. The van der Waals surface area contributed by atoms with Gasteiger partial charge in [0.05, 0.1) is 40.4 Å². The van der Waals surface area contributed by atoms with E-state index in [9.17, 15) is 9.90 Å². The number of carbonyl (C=O) groups excluding carboxylic acids is 1. The highest BCUT2D eigenvalue weighted by molar-refractivity contribution is 5.75. The van der Waals surface area contributed by atoms with Gasteiger partial charge in [0.15, 0.2) is 5.72 Å². The van der Waals surface area contributed by atoms with Crippen molar-refractivity contribution in [3.05, 3.63) is 21.8 Å². The van der Waals surface area contributed by atoms with E-state index in [4.69, 9.17) is 25.2 Å². The first-order valence-corrected chi connectivity index (χ1v) is 11.2. The predicted molar refractivity (Wildman–Crippen MR) is 112 cm³/mol. The number of benzene rings is 1. The van der Waals surface area contributed by atoms with Crippen LogP contribution in [-0.2, 0) is 9.47 Å². The number of hydrogen-bond acceptors (Lipinski definition) is 8. The van der Waals surface area contributed by atoms with Crippen molar-refractivity contribution in [1.29, 1.82) is 0 Å². The molecule has 9 heteroatoms. The highest BCUT2D eigenvalue weighted by Gasteiger charge is 2.74. The summed E-state index contributed by atoms with van der Waals surface area (Å²) in [4.78, 5) is 26.3. The van der Waals surface area contributed by atoms with Gasteiger partial charge in [0.2, 0.25) is 0 Å². The van der Waals surface area contributed by atoms with Crippen LogP contribution in [0, 0.1) is 6.92 Å². The first-order chi connectivity index (χ1) is 14.9. The number of phenols is 1. The summed E-state index contributed by atoms with van der Waals surface area (Å²) in [7, 11) is 3.77. The van der Waals surface area contributed by atoms with Crippen LogP contribution in [-0.4, -0.2) is 73.3 Å². The van der Waals surface area contributed by atoms with Crippen LogP contribution < -0.4 is 21.3 Å². The first-order valence-electron chi connectivity index (χ1n) is 11.2. The molecule has 1 aromatic carbocycles. The number of rotatable bonds is 3. The van der Waals surface area contributed by atoms with Crippen LogP contribution in [0.4, 0.5) is 10.5 Å². The lowest BCUT2D eigenvalue weighted by Crippen LogP contribution is -2.54. The van der Waals surface area contributed by atoms with Gasteiger partial charge in [0, 0.05) is 30.8 Å². The van der Waals surface area contributed by atoms with Crippen LogP contribution in [0.5, 0.6) is 5.75 Å². The third-order valence-corrected chi connectivity index (χ3v) is 8.24. The number of phenolic OH excluding ortho intramolecular Hbond substituents is 1. The van der Waals surface area contributed by atoms with Crippen molar-refractivity contribution in [2.45, 2.75) is 68.4 Å². The fraction of sp³-hybridized carbons (Fsp3) is 0.682. The molecule has 4 heterocycles. The van der Waals surface area contributed by atoms with Gasteiger partial charge in [-0.2, -0.15) is 0 Å². The number of carbonyl (C=O) groups is 1. The van der Waals surface area contributed by atoms with E-state index in [1.807, 2.05) is 6.92 Å². The summed E-state index contributed by atoms with van der Waals surface area (Å²) in [6, 6.07) is 0.820. The van der Waals surface area contributed by atoms with Crippen LogP contribution in [0.1, 0.15) is 42.7 Å². The van der Waals surface area contributed by atoms with Crippen molar-refractivity contribution < 1.29 is 19.4 Å². The number of hydrogen-bond donors (Lipinski definition) is 2. The second kappa shape index (κ2) is 6.32. The third-order valence-electron chi connectivity index (χ3n) is 8.24. The molecule has 1 amide bonds. The number of nitrogens with zero attached hydrogens (tertiary/aromatic N) is 4. The predicted octanol–water partition coefficient (Wildman–Crippen LogP) is 0.302. The molecule has 9 nitrogen and oxygen atoms in total. The Morgan fingerprint density at radius 2 is 1.94 bits per heavy atom. The molecule has 7 atom stereocenters. The van der Waals surface area contributed by atoms with Crippen LogP contribution in [0.2, 0.25) is 0 Å². The fourth-order valence-electron chi connectivity index (χ4n) is 6.75. The third kappa shape index (κ3) is 2.31. The molecule has 0 radical (unpaired) electrons. The molecule has 1 aliphatic carbocycles. The molecule has 1 unspecified atom stereocenters. The summed E-state index contributed by atoms with van der Waals surface area (Å²) in [5.74, 6) is -0.0896. The number of nitrogens with two attached hydrogens (primary N) is 1. The van der Waals surface area contributed by atoms with E-state index in [1.165, 1.54) is 0 Å². The van der Waals surface area contributed by atoms with Crippen LogP contribution >= 0.6 is 0 Å². The average molecular weight is 428 g/mol. The van der Waals surface area contributed by atoms with Crippen molar-refractivity contribution in [1.82, 2.24) is 4.90 Å². The quantitative estimate of drug-likeness (QED) is 0.671. The molecule has 0 spiro atoms. The molecule has 1 saturated carbocycles. The monoisotopic (exact) mass is 427 g/mol. The zero-order valence-electron chi connectivity index (χ0n) is 18.2. The first kappa shape index (κ1) is 19.3. The van der Waals surface area contributed by atoms with Crippen molar-refractivity contribution in [2.24, 2.45) is 15.7 Å². The molecule has 4 aliphatic heterocycles. The number of primary amides is 1. The Morgan fingerprint density at radius 1 is 1.26 bits per heavy atom. The Morgan fingerprint density at radius 3 is 2.58 bits per heavy atom. The Kier molecular flexibility index (Phi) is 3.94. The molecule has 0 bridgehead atoms. The Labute approximate surface area is 180 Å². The molecule has 1 aromatic rings. The maximum absolute atomic E-state index is 11.6. The van der Waals surface area contributed by atoms with Gasteiger partial charge in [-0.1, -0.05) is 12.8 Å². The zero-order chi connectivity index (χ0) is 21.7. The number of methoxy groups -OCH3 is 1. The fourth-order valence-corrected chi connectivity index (χ4v) is 6.75. The second-order valence-electron chi connectivity index (χ2n) is 9.54. The summed E-state index contributed by atoms with van der Waals surface area (Å²) in [6.07, 6.45) is 3.56. The second-order valence-corrected chi connectivity index (χ2v) is 9.54. The number of aromatic hydroxyl groups is 1. The van der Waals surface area contributed by atoms with Gasteiger partial charge in [0.25, 0.3) is 0 Å². The van der Waals surface area contributed by atoms with Crippen LogP contribution in [0.3, 0.4) is 0 Å². The van der Waals surface area contributed by atoms with Gasteiger partial charge < -0.3 is 25.2 Å². The minimum absolute atomic E-state index is 0.0717. The molecule has 5 aliphatic rings. The SMILES string of the molecule is CO[C@@]12[C@H](COC(N)=O)c3c(c(O)c(C)c4c3=N[C@H]3CCCC[C@@H]3N=4)N1C[C@H]1[C@@H]2N1C. The van der Waals surface area contributed by atoms with Gasteiger partial charge in [-0.05, 0) is 26.8 Å². The van der Waals surface area contributed by atoms with E-state index in [-0.39, 0.29) is 36.4 Å². The normalized spacial score (nSPS) is 38.7. The van der Waals surface area contributed by atoms with Gasteiger partial charge in [-0.25, -0.2) is 4.79 Å². The minimum atomic E-state index is -0.816. The molecule has 3 fully saturated rings. The number of likely N-dealkylation sites (N-methyl/N-ethyl adjacent to an activating group) is 1. The largest absolute Gasteiger partial charge is 0.505 e. The van der Waals surface area contributed by atoms with Gasteiger partial charge in [-0.3, -0.25) is 14.9 Å². The molecule has 31 heavy (non-hydrogen) atoms. The highest BCUT2D eigenvalue weighted by Crippen LogP contribution is 2.61. The Balaban J connectivity index is 1.62. The lowest BCUT2D eigenvalue weighted by atomic mass is 9.86. The van der Waals surface area contributed by atoms with Gasteiger partial charge in [-0.15, -0.1) is 0 Å². The summed E-state index contributed by atoms with van der Waals surface area (Å²) >= 11 is 0. The topological polar surface area (TPSA) is 113 Å². The summed E-state index contributed by atoms with van der Waals surface area (Å²) in [5.41, 5.74) is 7.00. The van der Waals surface area contributed by atoms with E-state index in [0.717, 1.165) is 59.8 Å². The number of anilines is 1. The van der Waals surface area contributed by atoms with Crippen molar-refractivity contribution in [3.8, 4) is 5.75 Å². The number of piperazine rings is 1. The Bertz CT molecular complexity index is 1110. The van der Waals surface area contributed by atoms with Crippen molar-refractivity contribution in [2.75, 3.05) is 32.2 Å².